The van der Waals surface area contributed by atoms with E-state index in [1.165, 1.54) is 0 Å². The Morgan fingerprint density at radius 3 is 2.27 bits per heavy atom. The number of pyridine rings is 1. The van der Waals surface area contributed by atoms with Gasteiger partial charge in [0, 0.05) is 35.3 Å². The van der Waals surface area contributed by atoms with Gasteiger partial charge in [0.25, 0.3) is 0 Å². The monoisotopic (exact) mass is 488 g/mol. The summed E-state index contributed by atoms with van der Waals surface area (Å²) >= 11 is 0. The van der Waals surface area contributed by atoms with Gasteiger partial charge in [-0.25, -0.2) is 4.98 Å². The molecule has 3 aromatic carbocycles. The molecule has 0 aliphatic heterocycles. The number of nitrogens with one attached hydrogen (secondary N) is 1. The molecular weight excluding hydrogens is 464 g/mol. The van der Waals surface area contributed by atoms with E-state index >= 15 is 0 Å². The first-order valence-electron chi connectivity index (χ1n) is 11.9. The minimum atomic E-state index is -0.494. The number of aromatic nitrogens is 2. The zero-order valence-electron chi connectivity index (χ0n) is 20.0. The zero-order chi connectivity index (χ0) is 25.6. The lowest BCUT2D eigenvalue weighted by atomic mass is 9.97. The van der Waals surface area contributed by atoms with E-state index in [4.69, 9.17) is 4.74 Å². The van der Waals surface area contributed by atoms with Gasteiger partial charge in [0.1, 0.15) is 12.3 Å². The van der Waals surface area contributed by atoms with Gasteiger partial charge in [-0.15, -0.1) is 0 Å². The predicted octanol–water partition coefficient (Wildman–Crippen LogP) is 5.51. The van der Waals surface area contributed by atoms with Crippen LogP contribution in [0.4, 0.5) is 0 Å². The number of benzene rings is 3. The maximum atomic E-state index is 12.6. The number of aromatic amines is 1. The topological polar surface area (TPSA) is 89.1 Å². The third-order valence-electron chi connectivity index (χ3n) is 6.07. The van der Waals surface area contributed by atoms with Gasteiger partial charge in [0.05, 0.1) is 6.42 Å². The van der Waals surface area contributed by atoms with Gasteiger partial charge in [-0.2, -0.15) is 0 Å². The van der Waals surface area contributed by atoms with Gasteiger partial charge in [-0.3, -0.25) is 14.4 Å². The number of nitrogens with zero attached hydrogens (tertiary/aromatic N) is 1. The molecular formula is C31H24N2O4. The number of fused-ring (bicyclic) bond motifs is 1. The van der Waals surface area contributed by atoms with E-state index in [0.29, 0.717) is 11.2 Å². The number of esters is 1. The average molecular weight is 489 g/mol. The Morgan fingerprint density at radius 1 is 0.757 bits per heavy atom. The summed E-state index contributed by atoms with van der Waals surface area (Å²) in [6, 6.07) is 27.6. The minimum Gasteiger partial charge on any atom is -0.461 e. The molecule has 0 unspecified atom stereocenters. The van der Waals surface area contributed by atoms with Crippen molar-refractivity contribution in [1.82, 2.24) is 9.97 Å². The van der Waals surface area contributed by atoms with Gasteiger partial charge in [-0.05, 0) is 28.3 Å². The molecule has 0 saturated heterocycles. The number of ketones is 2. The largest absolute Gasteiger partial charge is 0.461 e. The van der Waals surface area contributed by atoms with E-state index in [0.717, 1.165) is 33.2 Å². The summed E-state index contributed by atoms with van der Waals surface area (Å²) in [6.07, 6.45) is 3.64. The summed E-state index contributed by atoms with van der Waals surface area (Å²) < 4.78 is 5.41. The van der Waals surface area contributed by atoms with Crippen molar-refractivity contribution < 1.29 is 19.1 Å². The number of carbonyl (C=O) groups excluding carboxylic acids is 3. The molecule has 5 aromatic rings. The van der Waals surface area contributed by atoms with Crippen molar-refractivity contribution in [2.75, 3.05) is 0 Å². The van der Waals surface area contributed by atoms with Gasteiger partial charge < -0.3 is 9.72 Å². The van der Waals surface area contributed by atoms with Crippen molar-refractivity contribution in [3.05, 3.63) is 126 Å². The van der Waals surface area contributed by atoms with Crippen LogP contribution in [0.3, 0.4) is 0 Å². The van der Waals surface area contributed by atoms with E-state index < -0.39 is 11.6 Å². The Morgan fingerprint density at radius 2 is 1.49 bits per heavy atom. The van der Waals surface area contributed by atoms with E-state index in [-0.39, 0.29) is 25.4 Å². The fraction of sp³-hybridized carbons (Fsp3) is 0.0968. The molecule has 0 spiro atoms. The van der Waals surface area contributed by atoms with Crippen LogP contribution in [0.2, 0.25) is 0 Å². The molecule has 0 atom stereocenters. The Labute approximate surface area is 214 Å². The summed E-state index contributed by atoms with van der Waals surface area (Å²) in [6.45, 7) is 0.225. The highest BCUT2D eigenvalue weighted by atomic mass is 16.5. The Hall–Kier alpha value is -4.84. The van der Waals surface area contributed by atoms with Crippen molar-refractivity contribution in [2.45, 2.75) is 19.4 Å². The normalized spacial score (nSPS) is 10.8. The first kappa shape index (κ1) is 23.9. The van der Waals surface area contributed by atoms with Crippen LogP contribution in [0.1, 0.15) is 27.0 Å². The van der Waals surface area contributed by atoms with Crippen LogP contribution in [-0.2, 0) is 33.8 Å². The molecule has 6 heteroatoms. The van der Waals surface area contributed by atoms with Crippen LogP contribution in [0.25, 0.3) is 22.2 Å². The van der Waals surface area contributed by atoms with Crippen LogP contribution >= 0.6 is 0 Å². The highest BCUT2D eigenvalue weighted by Crippen LogP contribution is 2.29. The third-order valence-corrected chi connectivity index (χ3v) is 6.07. The lowest BCUT2D eigenvalue weighted by Crippen LogP contribution is -2.16. The second kappa shape index (κ2) is 10.8. The molecule has 37 heavy (non-hydrogen) atoms. The van der Waals surface area contributed by atoms with Crippen LogP contribution in [-0.4, -0.2) is 27.5 Å². The maximum Gasteiger partial charge on any atom is 0.310 e. The number of H-pyrrole nitrogens is 1. The molecule has 0 radical (unpaired) electrons. The van der Waals surface area contributed by atoms with Crippen LogP contribution in [0.5, 0.6) is 0 Å². The van der Waals surface area contributed by atoms with Crippen LogP contribution < -0.4 is 0 Å². The molecule has 6 nitrogen and oxygen atoms in total. The zero-order valence-corrected chi connectivity index (χ0v) is 20.0. The molecule has 0 fully saturated rings. The fourth-order valence-electron chi connectivity index (χ4n) is 4.20. The van der Waals surface area contributed by atoms with E-state index in [9.17, 15) is 14.4 Å². The molecule has 2 heterocycles. The molecule has 1 N–H and O–H groups in total. The Kier molecular flexibility index (Phi) is 6.99. The van der Waals surface area contributed by atoms with E-state index in [1.54, 1.807) is 36.5 Å². The predicted molar refractivity (Wildman–Crippen MR) is 141 cm³/mol. The highest BCUT2D eigenvalue weighted by molar-refractivity contribution is 6.44. The molecule has 0 bridgehead atoms. The van der Waals surface area contributed by atoms with Crippen molar-refractivity contribution in [3.63, 3.8) is 0 Å². The second-order valence-corrected chi connectivity index (χ2v) is 8.76. The molecule has 0 saturated carbocycles. The summed E-state index contributed by atoms with van der Waals surface area (Å²) in [5.41, 5.74) is 5.28. The van der Waals surface area contributed by atoms with Gasteiger partial charge >= 0.3 is 5.97 Å². The average Bonchev–Trinajstić information content (AvgIpc) is 3.36. The molecule has 5 rings (SSSR count). The summed E-state index contributed by atoms with van der Waals surface area (Å²) in [7, 11) is 0. The lowest BCUT2D eigenvalue weighted by Gasteiger charge is -2.07. The maximum absolute atomic E-state index is 12.6. The van der Waals surface area contributed by atoms with Gasteiger partial charge in [-0.1, -0.05) is 84.9 Å². The Bertz CT molecular complexity index is 1570. The smallest absolute Gasteiger partial charge is 0.310 e. The molecule has 182 valence electrons. The minimum absolute atomic E-state index is 0.0146. The molecule has 0 aliphatic carbocycles. The quantitative estimate of drug-likeness (QED) is 0.168. The Balaban J connectivity index is 1.31. The van der Waals surface area contributed by atoms with Gasteiger partial charge in [0.2, 0.25) is 11.6 Å². The lowest BCUT2D eigenvalue weighted by molar-refractivity contribution is -0.144. The fourth-order valence-corrected chi connectivity index (χ4v) is 4.20. The number of hydrogen-bond donors (Lipinski definition) is 1. The first-order valence-corrected chi connectivity index (χ1v) is 11.9. The SMILES string of the molecule is O=C(Cc1cnc2[nH]cc(-c3cccc(CC(=O)C(=O)c4ccccc4)c3)c2c1)OCc1ccccc1. The summed E-state index contributed by atoms with van der Waals surface area (Å²) in [5.74, 6) is -1.28. The molecule has 2 aromatic heterocycles. The number of hydrogen-bond acceptors (Lipinski definition) is 5. The third kappa shape index (κ3) is 5.70. The second-order valence-electron chi connectivity index (χ2n) is 8.76. The standard InChI is InChI=1S/C31H24N2O4/c34-28(30(36)24-11-5-2-6-12-24)16-22-10-7-13-25(14-22)27-19-33-31-26(27)15-23(18-32-31)17-29(35)37-20-21-8-3-1-4-9-21/h1-15,18-19H,16-17,20H2,(H,32,33). The van der Waals surface area contributed by atoms with Crippen LogP contribution in [0, 0.1) is 0 Å². The van der Waals surface area contributed by atoms with Crippen molar-refractivity contribution in [2.24, 2.45) is 0 Å². The summed E-state index contributed by atoms with van der Waals surface area (Å²) in [4.78, 5) is 45.1. The van der Waals surface area contributed by atoms with Crippen LogP contribution in [0.15, 0.2) is 103 Å². The summed E-state index contributed by atoms with van der Waals surface area (Å²) in [5, 5.41) is 0.859. The number of ether oxygens (including phenoxy) is 1. The van der Waals surface area contributed by atoms with Crippen molar-refractivity contribution in [3.8, 4) is 11.1 Å². The first-order chi connectivity index (χ1) is 18.1. The van der Waals surface area contributed by atoms with Gasteiger partial charge in [0.15, 0.2) is 0 Å². The highest BCUT2D eigenvalue weighted by Gasteiger charge is 2.17. The van der Waals surface area contributed by atoms with E-state index in [2.05, 4.69) is 9.97 Å². The molecule has 0 aliphatic rings. The number of carbonyl (C=O) groups is 3. The molecule has 0 amide bonds. The van der Waals surface area contributed by atoms with Crippen molar-refractivity contribution >= 4 is 28.6 Å². The van der Waals surface area contributed by atoms with E-state index in [1.807, 2.05) is 66.9 Å². The number of rotatable bonds is 9. The van der Waals surface area contributed by atoms with Crippen molar-refractivity contribution in [1.29, 1.82) is 0 Å². The number of Topliss-reactive ketones (excluding diaryl/α,β-unsaturated/α-hetero) is 2.